The van der Waals surface area contributed by atoms with Crippen molar-refractivity contribution in [2.75, 3.05) is 30.8 Å². The highest BCUT2D eigenvalue weighted by Gasteiger charge is 2.06. The summed E-state index contributed by atoms with van der Waals surface area (Å²) in [5.74, 6) is 1.94. The molecule has 1 aromatic rings. The fourth-order valence-corrected chi connectivity index (χ4v) is 1.65. The Hall–Kier alpha value is -1.36. The van der Waals surface area contributed by atoms with Crippen LogP contribution in [0.5, 0.6) is 0 Å². The lowest BCUT2D eigenvalue weighted by Crippen LogP contribution is -2.16. The number of nitrogens with one attached hydrogen (secondary N) is 2. The Bertz CT molecular complexity index is 343. The van der Waals surface area contributed by atoms with Gasteiger partial charge in [0, 0.05) is 32.0 Å². The first-order valence-electron chi connectivity index (χ1n) is 6.07. The summed E-state index contributed by atoms with van der Waals surface area (Å²) in [6, 6.07) is 1.92. The van der Waals surface area contributed by atoms with Gasteiger partial charge in [0.1, 0.15) is 5.82 Å². The van der Waals surface area contributed by atoms with Crippen molar-refractivity contribution < 1.29 is 5.11 Å². The van der Waals surface area contributed by atoms with Gasteiger partial charge in [-0.1, -0.05) is 13.3 Å². The molecule has 0 saturated carbocycles. The minimum Gasteiger partial charge on any atom is -0.396 e. The monoisotopic (exact) mass is 238 g/mol. The molecule has 3 N–H and O–H groups in total. The Labute approximate surface area is 103 Å². The Kier molecular flexibility index (Phi) is 5.69. The van der Waals surface area contributed by atoms with Crippen LogP contribution in [0.4, 0.5) is 11.8 Å². The van der Waals surface area contributed by atoms with Crippen molar-refractivity contribution in [1.29, 1.82) is 0 Å². The maximum Gasteiger partial charge on any atom is 0.224 e. The van der Waals surface area contributed by atoms with Gasteiger partial charge < -0.3 is 15.7 Å². The molecule has 5 heteroatoms. The summed E-state index contributed by atoms with van der Waals surface area (Å²) < 4.78 is 0. The van der Waals surface area contributed by atoms with Crippen LogP contribution in [0.2, 0.25) is 0 Å². The molecule has 0 aliphatic carbocycles. The first kappa shape index (κ1) is 13.7. The summed E-state index contributed by atoms with van der Waals surface area (Å²) in [7, 11) is 1.80. The predicted molar refractivity (Wildman–Crippen MR) is 70.3 cm³/mol. The number of aliphatic hydroxyl groups excluding tert-OH is 1. The summed E-state index contributed by atoms with van der Waals surface area (Å²) in [5.41, 5.74) is 0.932. The van der Waals surface area contributed by atoms with Crippen LogP contribution in [0, 0.1) is 12.8 Å². The first-order chi connectivity index (χ1) is 8.19. The van der Waals surface area contributed by atoms with Crippen molar-refractivity contribution in [1.82, 2.24) is 9.97 Å². The zero-order chi connectivity index (χ0) is 12.7. The number of rotatable bonds is 7. The van der Waals surface area contributed by atoms with E-state index in [-0.39, 0.29) is 6.61 Å². The third kappa shape index (κ3) is 4.56. The molecule has 1 rings (SSSR count). The topological polar surface area (TPSA) is 70.1 Å². The van der Waals surface area contributed by atoms with Gasteiger partial charge in [-0.05, 0) is 19.3 Å². The minimum absolute atomic E-state index is 0.241. The summed E-state index contributed by atoms with van der Waals surface area (Å²) in [6.07, 6.45) is 1.88. The smallest absolute Gasteiger partial charge is 0.224 e. The van der Waals surface area contributed by atoms with Gasteiger partial charge in [0.15, 0.2) is 0 Å². The van der Waals surface area contributed by atoms with E-state index in [1.807, 2.05) is 13.0 Å². The summed E-state index contributed by atoms with van der Waals surface area (Å²) in [4.78, 5) is 8.56. The molecule has 0 aromatic carbocycles. The van der Waals surface area contributed by atoms with E-state index in [0.29, 0.717) is 11.9 Å². The number of nitrogens with zero attached hydrogens (tertiary/aromatic N) is 2. The lowest BCUT2D eigenvalue weighted by Gasteiger charge is -2.15. The van der Waals surface area contributed by atoms with Gasteiger partial charge in [0.25, 0.3) is 0 Å². The fraction of sp³-hybridized carbons (Fsp3) is 0.667. The second-order valence-corrected chi connectivity index (χ2v) is 4.14. The molecule has 5 nitrogen and oxygen atoms in total. The number of anilines is 2. The van der Waals surface area contributed by atoms with E-state index in [0.717, 1.165) is 30.9 Å². The Morgan fingerprint density at radius 2 is 2.18 bits per heavy atom. The zero-order valence-electron chi connectivity index (χ0n) is 10.8. The molecule has 1 heterocycles. The van der Waals surface area contributed by atoms with Gasteiger partial charge in [-0.2, -0.15) is 4.98 Å². The largest absolute Gasteiger partial charge is 0.396 e. The number of hydrogen-bond acceptors (Lipinski definition) is 5. The van der Waals surface area contributed by atoms with E-state index in [9.17, 15) is 0 Å². The van der Waals surface area contributed by atoms with Crippen LogP contribution < -0.4 is 10.6 Å². The van der Waals surface area contributed by atoms with Crippen molar-refractivity contribution in [2.24, 2.45) is 5.92 Å². The molecule has 0 spiro atoms. The molecular weight excluding hydrogens is 216 g/mol. The molecule has 1 atom stereocenters. The molecule has 0 saturated heterocycles. The molecule has 1 unspecified atom stereocenters. The van der Waals surface area contributed by atoms with Gasteiger partial charge in [0.2, 0.25) is 5.95 Å². The highest BCUT2D eigenvalue weighted by Crippen LogP contribution is 2.12. The summed E-state index contributed by atoms with van der Waals surface area (Å²) in [6.45, 7) is 5.15. The number of aryl methyl sites for hydroxylation is 1. The summed E-state index contributed by atoms with van der Waals surface area (Å²) >= 11 is 0. The Morgan fingerprint density at radius 3 is 2.76 bits per heavy atom. The normalized spacial score (nSPS) is 12.2. The minimum atomic E-state index is 0.241. The van der Waals surface area contributed by atoms with Gasteiger partial charge in [-0.15, -0.1) is 0 Å². The number of hydrogen-bond donors (Lipinski definition) is 3. The van der Waals surface area contributed by atoms with Crippen molar-refractivity contribution in [3.05, 3.63) is 11.8 Å². The van der Waals surface area contributed by atoms with Crippen molar-refractivity contribution >= 4 is 11.8 Å². The van der Waals surface area contributed by atoms with Gasteiger partial charge in [-0.25, -0.2) is 4.98 Å². The molecule has 0 aliphatic heterocycles. The van der Waals surface area contributed by atoms with Crippen LogP contribution >= 0.6 is 0 Å². The van der Waals surface area contributed by atoms with E-state index in [4.69, 9.17) is 5.11 Å². The highest BCUT2D eigenvalue weighted by molar-refractivity contribution is 5.41. The average Bonchev–Trinajstić information content (AvgIpc) is 2.33. The second kappa shape index (κ2) is 7.06. The molecule has 1 aromatic heterocycles. The number of aromatic nitrogens is 2. The van der Waals surface area contributed by atoms with Crippen molar-refractivity contribution in [3.63, 3.8) is 0 Å². The van der Waals surface area contributed by atoms with E-state index in [2.05, 4.69) is 27.5 Å². The van der Waals surface area contributed by atoms with Crippen LogP contribution in [0.1, 0.15) is 25.5 Å². The lowest BCUT2D eigenvalue weighted by molar-refractivity contribution is 0.258. The van der Waals surface area contributed by atoms with Gasteiger partial charge >= 0.3 is 0 Å². The van der Waals surface area contributed by atoms with Crippen LogP contribution in [0.15, 0.2) is 6.07 Å². The molecule has 0 radical (unpaired) electrons. The first-order valence-corrected chi connectivity index (χ1v) is 6.07. The van der Waals surface area contributed by atoms with Crippen molar-refractivity contribution in [3.8, 4) is 0 Å². The zero-order valence-corrected chi connectivity index (χ0v) is 10.8. The van der Waals surface area contributed by atoms with Gasteiger partial charge in [0.05, 0.1) is 0 Å². The molecule has 0 amide bonds. The van der Waals surface area contributed by atoms with Crippen LogP contribution in [-0.2, 0) is 0 Å². The van der Waals surface area contributed by atoms with Gasteiger partial charge in [-0.3, -0.25) is 0 Å². The SMILES string of the molecule is CCC(CCO)CNc1cc(C)nc(NC)n1. The third-order valence-electron chi connectivity index (χ3n) is 2.76. The second-order valence-electron chi connectivity index (χ2n) is 4.14. The molecule has 17 heavy (non-hydrogen) atoms. The lowest BCUT2D eigenvalue weighted by atomic mass is 10.0. The Balaban J connectivity index is 2.58. The van der Waals surface area contributed by atoms with E-state index < -0.39 is 0 Å². The maximum atomic E-state index is 8.93. The van der Waals surface area contributed by atoms with E-state index >= 15 is 0 Å². The third-order valence-corrected chi connectivity index (χ3v) is 2.76. The maximum absolute atomic E-state index is 8.93. The Morgan fingerprint density at radius 1 is 1.41 bits per heavy atom. The highest BCUT2D eigenvalue weighted by atomic mass is 16.3. The van der Waals surface area contributed by atoms with E-state index in [1.165, 1.54) is 0 Å². The van der Waals surface area contributed by atoms with Crippen molar-refractivity contribution in [2.45, 2.75) is 26.7 Å². The van der Waals surface area contributed by atoms with E-state index in [1.54, 1.807) is 7.05 Å². The fourth-order valence-electron chi connectivity index (χ4n) is 1.65. The molecular formula is C12H22N4O. The standard InChI is InChI=1S/C12H22N4O/c1-4-10(5-6-17)8-14-11-7-9(2)15-12(13-3)16-11/h7,10,17H,4-6,8H2,1-3H3,(H2,13,14,15,16). The molecule has 0 aliphatic rings. The quantitative estimate of drug-likeness (QED) is 0.674. The van der Waals surface area contributed by atoms with Crippen LogP contribution in [0.25, 0.3) is 0 Å². The molecule has 0 fully saturated rings. The molecule has 96 valence electrons. The van der Waals surface area contributed by atoms with Crippen LogP contribution in [0.3, 0.4) is 0 Å². The predicted octanol–water partition coefficient (Wildman–Crippen LogP) is 1.65. The number of aliphatic hydroxyl groups is 1. The van der Waals surface area contributed by atoms with Crippen LogP contribution in [-0.4, -0.2) is 35.3 Å². The molecule has 0 bridgehead atoms. The summed E-state index contributed by atoms with van der Waals surface area (Å²) in [5, 5.41) is 15.2. The average molecular weight is 238 g/mol.